The van der Waals surface area contributed by atoms with Crippen molar-refractivity contribution in [1.29, 1.82) is 0 Å². The van der Waals surface area contributed by atoms with Crippen molar-refractivity contribution >= 4 is 22.6 Å². The highest BCUT2D eigenvalue weighted by Gasteiger charge is 2.36. The fourth-order valence-electron chi connectivity index (χ4n) is 3.66. The molecule has 158 valence electrons. The number of hydrogen-bond acceptors (Lipinski definition) is 3. The van der Waals surface area contributed by atoms with Crippen molar-refractivity contribution in [3.8, 4) is 16.9 Å². The summed E-state index contributed by atoms with van der Waals surface area (Å²) < 4.78 is 43.2. The van der Waals surface area contributed by atoms with Crippen LogP contribution in [0.5, 0.6) is 0 Å². The van der Waals surface area contributed by atoms with Crippen LogP contribution < -0.4 is 5.56 Å². The van der Waals surface area contributed by atoms with Gasteiger partial charge in [-0.1, -0.05) is 29.8 Å². The first-order valence-electron chi connectivity index (χ1n) is 9.41. The molecule has 2 aromatic carbocycles. The Labute approximate surface area is 181 Å². The molecule has 0 unspecified atom stereocenters. The zero-order valence-electron chi connectivity index (χ0n) is 16.9. The van der Waals surface area contributed by atoms with Gasteiger partial charge in [0.25, 0.3) is 5.56 Å². The van der Waals surface area contributed by atoms with Crippen LogP contribution in [0.2, 0.25) is 5.02 Å². The third kappa shape index (κ3) is 3.93. The lowest BCUT2D eigenvalue weighted by atomic mass is 10.1. The summed E-state index contributed by atoms with van der Waals surface area (Å²) in [7, 11) is 0. The van der Waals surface area contributed by atoms with Crippen molar-refractivity contribution in [3.63, 3.8) is 0 Å². The summed E-state index contributed by atoms with van der Waals surface area (Å²) in [5, 5.41) is -0.110. The van der Waals surface area contributed by atoms with Gasteiger partial charge in [-0.05, 0) is 62.2 Å². The fraction of sp³-hybridized carbons (Fsp3) is 0.174. The van der Waals surface area contributed by atoms with E-state index in [4.69, 9.17) is 11.6 Å². The SMILES string of the molecule is Cc1cc(C)cc(-n2c(C)nc3nc(-c4ccc(Cl)cc4)cc(C(F)(F)F)c3c2=O)c1. The van der Waals surface area contributed by atoms with Crippen molar-refractivity contribution in [2.75, 3.05) is 0 Å². The molecular formula is C23H17ClF3N3O. The first kappa shape index (κ1) is 21.1. The van der Waals surface area contributed by atoms with Gasteiger partial charge in [-0.15, -0.1) is 0 Å². The summed E-state index contributed by atoms with van der Waals surface area (Å²) in [6.07, 6.45) is -4.77. The van der Waals surface area contributed by atoms with Crippen LogP contribution in [-0.2, 0) is 6.18 Å². The Hall–Kier alpha value is -3.19. The number of aromatic nitrogens is 3. The molecule has 4 aromatic rings. The van der Waals surface area contributed by atoms with Gasteiger partial charge in [0.15, 0.2) is 5.65 Å². The van der Waals surface area contributed by atoms with Crippen LogP contribution in [-0.4, -0.2) is 14.5 Å². The van der Waals surface area contributed by atoms with Gasteiger partial charge in [0.2, 0.25) is 0 Å². The molecule has 2 heterocycles. The predicted octanol–water partition coefficient (Wildman–Crippen LogP) is 6.05. The summed E-state index contributed by atoms with van der Waals surface area (Å²) in [5.74, 6) is 0.247. The Bertz CT molecular complexity index is 1360. The summed E-state index contributed by atoms with van der Waals surface area (Å²) >= 11 is 5.88. The molecule has 8 heteroatoms. The molecule has 0 N–H and O–H groups in total. The topological polar surface area (TPSA) is 47.8 Å². The Balaban J connectivity index is 2.07. The maximum Gasteiger partial charge on any atom is 0.417 e. The van der Waals surface area contributed by atoms with E-state index in [0.29, 0.717) is 16.3 Å². The van der Waals surface area contributed by atoms with Crippen LogP contribution in [0.15, 0.2) is 53.3 Å². The Morgan fingerprint density at radius 2 is 1.52 bits per heavy atom. The molecule has 0 bridgehead atoms. The van der Waals surface area contributed by atoms with Crippen molar-refractivity contribution < 1.29 is 13.2 Å². The molecule has 0 aliphatic rings. The molecule has 0 aliphatic carbocycles. The maximum atomic E-state index is 14.0. The predicted molar refractivity (Wildman–Crippen MR) is 115 cm³/mol. The van der Waals surface area contributed by atoms with E-state index in [9.17, 15) is 18.0 Å². The van der Waals surface area contributed by atoms with Crippen molar-refractivity contribution in [2.24, 2.45) is 0 Å². The standard InChI is InChI=1S/C23H17ClF3N3O/c1-12-8-13(2)10-17(9-12)30-14(3)28-21-20(22(30)31)18(23(25,26)27)11-19(29-21)15-4-6-16(24)7-5-15/h4-11H,1-3H3. The summed E-state index contributed by atoms with van der Waals surface area (Å²) in [4.78, 5) is 21.8. The van der Waals surface area contributed by atoms with Gasteiger partial charge in [0.05, 0.1) is 22.3 Å². The molecule has 0 spiro atoms. The van der Waals surface area contributed by atoms with E-state index in [2.05, 4.69) is 9.97 Å². The Morgan fingerprint density at radius 1 is 0.903 bits per heavy atom. The maximum absolute atomic E-state index is 14.0. The molecule has 0 atom stereocenters. The minimum atomic E-state index is -4.77. The molecule has 0 aliphatic heterocycles. The molecule has 0 saturated carbocycles. The van der Waals surface area contributed by atoms with Crippen LogP contribution in [0.3, 0.4) is 0 Å². The second kappa shape index (κ2) is 7.50. The Morgan fingerprint density at radius 3 is 2.10 bits per heavy atom. The summed E-state index contributed by atoms with van der Waals surface area (Å²) in [6.45, 7) is 5.28. The third-order valence-electron chi connectivity index (χ3n) is 4.92. The number of alkyl halides is 3. The third-order valence-corrected chi connectivity index (χ3v) is 5.17. The smallest absolute Gasteiger partial charge is 0.268 e. The van der Waals surface area contributed by atoms with E-state index in [1.165, 1.54) is 4.57 Å². The van der Waals surface area contributed by atoms with E-state index in [0.717, 1.165) is 17.2 Å². The summed E-state index contributed by atoms with van der Waals surface area (Å²) in [5.41, 5.74) is 0.601. The van der Waals surface area contributed by atoms with E-state index in [-0.39, 0.29) is 17.2 Å². The first-order chi connectivity index (χ1) is 14.5. The molecule has 4 nitrogen and oxygen atoms in total. The zero-order valence-corrected chi connectivity index (χ0v) is 17.6. The van der Waals surface area contributed by atoms with Crippen molar-refractivity contribution in [2.45, 2.75) is 26.9 Å². The second-order valence-corrected chi connectivity index (χ2v) is 7.84. The number of benzene rings is 2. The number of nitrogens with zero attached hydrogens (tertiary/aromatic N) is 3. The van der Waals surface area contributed by atoms with Gasteiger partial charge in [-0.2, -0.15) is 13.2 Å². The number of pyridine rings is 1. The normalized spacial score (nSPS) is 11.8. The molecule has 0 radical (unpaired) electrons. The molecule has 31 heavy (non-hydrogen) atoms. The lowest BCUT2D eigenvalue weighted by Crippen LogP contribution is -2.25. The number of halogens is 4. The minimum Gasteiger partial charge on any atom is -0.268 e. The highest BCUT2D eigenvalue weighted by molar-refractivity contribution is 6.30. The molecule has 0 saturated heterocycles. The molecule has 0 amide bonds. The highest BCUT2D eigenvalue weighted by atomic mass is 35.5. The van der Waals surface area contributed by atoms with Crippen molar-refractivity contribution in [3.05, 3.63) is 86.4 Å². The zero-order chi connectivity index (χ0) is 22.5. The highest BCUT2D eigenvalue weighted by Crippen LogP contribution is 2.35. The number of rotatable bonds is 2. The van der Waals surface area contributed by atoms with Gasteiger partial charge in [-0.25, -0.2) is 9.97 Å². The number of hydrogen-bond donors (Lipinski definition) is 0. The van der Waals surface area contributed by atoms with E-state index < -0.39 is 22.7 Å². The quantitative estimate of drug-likeness (QED) is 0.379. The molecule has 2 aromatic heterocycles. The van der Waals surface area contributed by atoms with Gasteiger partial charge in [0, 0.05) is 10.6 Å². The van der Waals surface area contributed by atoms with Crippen molar-refractivity contribution in [1.82, 2.24) is 14.5 Å². The molecule has 0 fully saturated rings. The average Bonchev–Trinajstić information content (AvgIpc) is 2.66. The number of fused-ring (bicyclic) bond motifs is 1. The van der Waals surface area contributed by atoms with E-state index in [1.54, 1.807) is 43.3 Å². The van der Waals surface area contributed by atoms with E-state index in [1.807, 2.05) is 19.9 Å². The van der Waals surface area contributed by atoms with Crippen LogP contribution in [0.1, 0.15) is 22.5 Å². The van der Waals surface area contributed by atoms with Gasteiger partial charge in [-0.3, -0.25) is 9.36 Å². The van der Waals surface area contributed by atoms with Crippen LogP contribution in [0.25, 0.3) is 28.0 Å². The van der Waals surface area contributed by atoms with Gasteiger partial charge >= 0.3 is 6.18 Å². The monoisotopic (exact) mass is 443 g/mol. The van der Waals surface area contributed by atoms with Gasteiger partial charge < -0.3 is 0 Å². The Kier molecular flexibility index (Phi) is 5.09. The lowest BCUT2D eigenvalue weighted by molar-refractivity contribution is -0.136. The first-order valence-corrected chi connectivity index (χ1v) is 9.78. The van der Waals surface area contributed by atoms with Crippen LogP contribution in [0, 0.1) is 20.8 Å². The van der Waals surface area contributed by atoms with Crippen LogP contribution >= 0.6 is 11.6 Å². The van der Waals surface area contributed by atoms with Crippen LogP contribution in [0.4, 0.5) is 13.2 Å². The fourth-order valence-corrected chi connectivity index (χ4v) is 3.79. The lowest BCUT2D eigenvalue weighted by Gasteiger charge is -2.16. The average molecular weight is 444 g/mol. The number of aryl methyl sites for hydroxylation is 3. The second-order valence-electron chi connectivity index (χ2n) is 7.40. The molecular weight excluding hydrogens is 427 g/mol. The summed E-state index contributed by atoms with van der Waals surface area (Å²) in [6, 6.07) is 12.5. The largest absolute Gasteiger partial charge is 0.417 e. The minimum absolute atomic E-state index is 0.0620. The molecule has 4 rings (SSSR count). The van der Waals surface area contributed by atoms with E-state index >= 15 is 0 Å². The van der Waals surface area contributed by atoms with Gasteiger partial charge in [0.1, 0.15) is 5.82 Å².